The minimum absolute atomic E-state index is 0.713. The maximum Gasteiger partial charge on any atom is 0.178 e. The Morgan fingerprint density at radius 3 is 1.32 bits per heavy atom. The van der Waals surface area contributed by atoms with E-state index in [9.17, 15) is 5.11 Å². The molecule has 0 saturated carbocycles. The zero-order chi connectivity index (χ0) is 24.0. The van der Waals surface area contributed by atoms with Crippen LogP contribution in [0.25, 0.3) is 0 Å². The van der Waals surface area contributed by atoms with Crippen LogP contribution < -0.4 is 9.13 Å². The highest BCUT2D eigenvalue weighted by Crippen LogP contribution is 2.28. The molecule has 1 N–H and O–H groups in total. The number of aliphatic hydroxyl groups is 1. The van der Waals surface area contributed by atoms with Gasteiger partial charge in [0.25, 0.3) is 0 Å². The van der Waals surface area contributed by atoms with Gasteiger partial charge in [-0.05, 0) is 48.5 Å². The van der Waals surface area contributed by atoms with E-state index in [0.29, 0.717) is 11.1 Å². The SMILES string of the molecule is C#Cc1ccc(C#Cc2ccc(C#CC(O)(c3cc[n+](C)cc3)c3cc[n+](C)cc3)cc2)cc1. The van der Waals surface area contributed by atoms with Crippen molar-refractivity contribution >= 4 is 0 Å². The number of aryl methyl sites for hydroxylation is 2. The second kappa shape index (κ2) is 9.89. The summed E-state index contributed by atoms with van der Waals surface area (Å²) in [4.78, 5) is 0. The molecule has 2 aromatic carbocycles. The number of terminal acetylenes is 1. The van der Waals surface area contributed by atoms with Crippen LogP contribution in [-0.2, 0) is 19.7 Å². The summed E-state index contributed by atoms with van der Waals surface area (Å²) in [6.45, 7) is 0. The Hall–Kier alpha value is -4.62. The molecule has 0 fully saturated rings. The van der Waals surface area contributed by atoms with E-state index in [-0.39, 0.29) is 0 Å². The Bertz CT molecular complexity index is 1410. The lowest BCUT2D eigenvalue weighted by Gasteiger charge is -2.22. The average molecular weight is 441 g/mol. The lowest BCUT2D eigenvalue weighted by Crippen LogP contribution is -2.32. The van der Waals surface area contributed by atoms with Crippen molar-refractivity contribution < 1.29 is 14.2 Å². The third-order valence-corrected chi connectivity index (χ3v) is 5.47. The summed E-state index contributed by atoms with van der Waals surface area (Å²) in [5.74, 6) is 15.2. The Balaban J connectivity index is 1.62. The predicted molar refractivity (Wildman–Crippen MR) is 132 cm³/mol. The van der Waals surface area contributed by atoms with Crippen LogP contribution in [0, 0.1) is 36.0 Å². The first-order valence-electron chi connectivity index (χ1n) is 10.8. The molecule has 0 aliphatic rings. The van der Waals surface area contributed by atoms with Gasteiger partial charge >= 0.3 is 0 Å². The number of benzene rings is 2. The van der Waals surface area contributed by atoms with Crippen LogP contribution in [0.2, 0.25) is 0 Å². The molecular formula is C31H24N2O+2. The van der Waals surface area contributed by atoms with E-state index in [1.807, 2.05) is 121 Å². The summed E-state index contributed by atoms with van der Waals surface area (Å²) < 4.78 is 3.84. The van der Waals surface area contributed by atoms with Gasteiger partial charge in [0.1, 0.15) is 14.1 Å². The molecule has 3 nitrogen and oxygen atoms in total. The highest BCUT2D eigenvalue weighted by Gasteiger charge is 2.31. The monoisotopic (exact) mass is 440 g/mol. The Morgan fingerprint density at radius 2 is 0.941 bits per heavy atom. The van der Waals surface area contributed by atoms with Gasteiger partial charge in [0.05, 0.1) is 0 Å². The van der Waals surface area contributed by atoms with Crippen molar-refractivity contribution in [2.24, 2.45) is 14.1 Å². The molecule has 4 aromatic rings. The molecule has 0 bridgehead atoms. The van der Waals surface area contributed by atoms with Gasteiger partial charge in [-0.15, -0.1) is 6.42 Å². The number of aromatic nitrogens is 2. The number of hydrogen-bond acceptors (Lipinski definition) is 1. The van der Waals surface area contributed by atoms with Gasteiger partial charge in [-0.2, -0.15) is 0 Å². The first kappa shape index (κ1) is 22.6. The van der Waals surface area contributed by atoms with Crippen molar-refractivity contribution in [2.75, 3.05) is 0 Å². The number of pyridine rings is 2. The van der Waals surface area contributed by atoms with Gasteiger partial charge in [-0.3, -0.25) is 0 Å². The van der Waals surface area contributed by atoms with Crippen molar-refractivity contribution in [3.05, 3.63) is 131 Å². The molecule has 0 spiro atoms. The summed E-state index contributed by atoms with van der Waals surface area (Å²) in [5, 5.41) is 11.7. The van der Waals surface area contributed by atoms with Crippen LogP contribution in [-0.4, -0.2) is 5.11 Å². The Kier molecular flexibility index (Phi) is 6.57. The maximum atomic E-state index is 11.7. The Labute approximate surface area is 201 Å². The van der Waals surface area contributed by atoms with Crippen LogP contribution in [0.1, 0.15) is 33.4 Å². The number of nitrogens with zero attached hydrogens (tertiary/aromatic N) is 2. The number of hydrogen-bond donors (Lipinski definition) is 1. The normalized spacial score (nSPS) is 10.3. The summed E-state index contributed by atoms with van der Waals surface area (Å²) in [6.07, 6.45) is 13.0. The van der Waals surface area contributed by atoms with Crippen molar-refractivity contribution in [3.8, 4) is 36.0 Å². The van der Waals surface area contributed by atoms with Crippen LogP contribution in [0.15, 0.2) is 97.6 Å². The largest absolute Gasteiger partial charge is 0.369 e. The van der Waals surface area contributed by atoms with E-state index >= 15 is 0 Å². The fraction of sp³-hybridized carbons (Fsp3) is 0.0968. The third-order valence-electron chi connectivity index (χ3n) is 5.47. The molecule has 2 heterocycles. The summed E-state index contributed by atoms with van der Waals surface area (Å²) in [7, 11) is 3.88. The standard InChI is InChI=1S/C31H24N2O/c1-4-25-5-7-26(8-6-25)9-10-27-11-13-28(14-12-27)15-20-31(34,29-16-21-32(2)22-17-29)30-18-23-33(3)24-19-30/h1,5-8,11-14,16-19,21-24,34H,2-3H3/q+2. The van der Waals surface area contributed by atoms with Gasteiger partial charge in [0, 0.05) is 57.6 Å². The van der Waals surface area contributed by atoms with Gasteiger partial charge in [-0.25, -0.2) is 9.13 Å². The van der Waals surface area contributed by atoms with Crippen LogP contribution >= 0.6 is 0 Å². The molecule has 34 heavy (non-hydrogen) atoms. The topological polar surface area (TPSA) is 28.0 Å². The maximum absolute atomic E-state index is 11.7. The molecule has 0 radical (unpaired) electrons. The van der Waals surface area contributed by atoms with E-state index in [1.54, 1.807) is 0 Å². The molecule has 0 atom stereocenters. The van der Waals surface area contributed by atoms with Crippen molar-refractivity contribution in [1.29, 1.82) is 0 Å². The minimum atomic E-state index is -1.44. The fourth-order valence-corrected chi connectivity index (χ4v) is 3.39. The summed E-state index contributed by atoms with van der Waals surface area (Å²) in [6, 6.07) is 22.8. The predicted octanol–water partition coefficient (Wildman–Crippen LogP) is 3.00. The van der Waals surface area contributed by atoms with Gasteiger partial charge in [0.15, 0.2) is 30.4 Å². The third kappa shape index (κ3) is 5.23. The first-order valence-corrected chi connectivity index (χ1v) is 10.8. The lowest BCUT2D eigenvalue weighted by atomic mass is 9.87. The molecule has 3 heteroatoms. The quantitative estimate of drug-likeness (QED) is 0.377. The molecule has 0 unspecified atom stereocenters. The van der Waals surface area contributed by atoms with E-state index in [1.165, 1.54) is 0 Å². The molecule has 0 aliphatic carbocycles. The van der Waals surface area contributed by atoms with E-state index < -0.39 is 5.60 Å². The summed E-state index contributed by atoms with van der Waals surface area (Å²) >= 11 is 0. The van der Waals surface area contributed by atoms with Gasteiger partial charge in [-0.1, -0.05) is 29.6 Å². The molecule has 0 aliphatic heterocycles. The van der Waals surface area contributed by atoms with Crippen molar-refractivity contribution in [3.63, 3.8) is 0 Å². The minimum Gasteiger partial charge on any atom is -0.369 e. The smallest absolute Gasteiger partial charge is 0.178 e. The number of rotatable bonds is 2. The van der Waals surface area contributed by atoms with Crippen LogP contribution in [0.3, 0.4) is 0 Å². The van der Waals surface area contributed by atoms with Crippen molar-refractivity contribution in [1.82, 2.24) is 0 Å². The highest BCUT2D eigenvalue weighted by molar-refractivity contribution is 5.49. The molecule has 162 valence electrons. The van der Waals surface area contributed by atoms with E-state index in [4.69, 9.17) is 6.42 Å². The Morgan fingerprint density at radius 1 is 0.588 bits per heavy atom. The zero-order valence-electron chi connectivity index (χ0n) is 19.2. The summed E-state index contributed by atoms with van der Waals surface area (Å²) in [5.41, 5.74) is 3.41. The second-order valence-corrected chi connectivity index (χ2v) is 8.01. The van der Waals surface area contributed by atoms with Crippen LogP contribution in [0.5, 0.6) is 0 Å². The highest BCUT2D eigenvalue weighted by atomic mass is 16.3. The molecular weight excluding hydrogens is 416 g/mol. The van der Waals surface area contributed by atoms with Crippen molar-refractivity contribution in [2.45, 2.75) is 5.60 Å². The van der Waals surface area contributed by atoms with Gasteiger partial charge < -0.3 is 5.11 Å². The first-order chi connectivity index (χ1) is 16.5. The molecule has 4 rings (SSSR count). The van der Waals surface area contributed by atoms with E-state index in [0.717, 1.165) is 22.3 Å². The van der Waals surface area contributed by atoms with E-state index in [2.05, 4.69) is 29.6 Å². The van der Waals surface area contributed by atoms with Gasteiger partial charge in [0.2, 0.25) is 0 Å². The molecule has 0 amide bonds. The molecule has 0 saturated heterocycles. The average Bonchev–Trinajstić information content (AvgIpc) is 2.88. The zero-order valence-corrected chi connectivity index (χ0v) is 19.2. The fourth-order valence-electron chi connectivity index (χ4n) is 3.39. The lowest BCUT2D eigenvalue weighted by molar-refractivity contribution is -0.671. The molecule has 2 aromatic heterocycles. The second-order valence-electron chi connectivity index (χ2n) is 8.01. The van der Waals surface area contributed by atoms with Crippen LogP contribution in [0.4, 0.5) is 0 Å².